The van der Waals surface area contributed by atoms with Gasteiger partial charge in [0.15, 0.2) is 5.15 Å². The topological polar surface area (TPSA) is 109 Å². The highest BCUT2D eigenvalue weighted by atomic mass is 35.5. The molecule has 9 heteroatoms. The summed E-state index contributed by atoms with van der Waals surface area (Å²) in [4.78, 5) is 25.4. The first kappa shape index (κ1) is 24.4. The molecule has 1 aromatic heterocycles. The molecule has 0 spiro atoms. The van der Waals surface area contributed by atoms with Crippen LogP contribution in [0.5, 0.6) is 0 Å². The molecule has 0 aliphatic carbocycles. The predicted molar refractivity (Wildman–Crippen MR) is 128 cm³/mol. The van der Waals surface area contributed by atoms with Gasteiger partial charge < -0.3 is 10.4 Å². The van der Waals surface area contributed by atoms with Crippen molar-refractivity contribution in [3.05, 3.63) is 71.0 Å². The minimum Gasteiger partial charge on any atom is -0.480 e. The number of aliphatic carboxylic acids is 1. The van der Waals surface area contributed by atoms with Crippen LogP contribution in [0.3, 0.4) is 0 Å². The number of rotatable bonds is 8. The summed E-state index contributed by atoms with van der Waals surface area (Å²) in [5, 5.41) is 23.9. The van der Waals surface area contributed by atoms with Gasteiger partial charge in [0, 0.05) is 0 Å². The first-order valence-electron chi connectivity index (χ1n) is 10.6. The number of amides is 1. The molecule has 8 nitrogen and oxygen atoms in total. The van der Waals surface area contributed by atoms with Crippen LogP contribution in [0, 0.1) is 12.3 Å². The minimum atomic E-state index is -1.02. The van der Waals surface area contributed by atoms with Crippen LogP contribution >= 0.6 is 11.6 Å². The van der Waals surface area contributed by atoms with Gasteiger partial charge in [-0.2, -0.15) is 0 Å². The van der Waals surface area contributed by atoms with Crippen molar-refractivity contribution in [3.8, 4) is 5.69 Å². The lowest BCUT2D eigenvalue weighted by molar-refractivity contribution is -0.140. The van der Waals surface area contributed by atoms with Gasteiger partial charge in [-0.25, -0.2) is 4.68 Å². The molecule has 1 amide bonds. The maximum atomic E-state index is 13.4. The zero-order valence-electron chi connectivity index (χ0n) is 19.0. The Morgan fingerprint density at radius 2 is 1.85 bits per heavy atom. The largest absolute Gasteiger partial charge is 0.480 e. The van der Waals surface area contributed by atoms with Crippen molar-refractivity contribution < 1.29 is 14.7 Å². The molecule has 0 saturated heterocycles. The number of benzene rings is 2. The molecule has 0 aliphatic heterocycles. The molecule has 1 heterocycles. The molecule has 0 fully saturated rings. The third-order valence-corrected chi connectivity index (χ3v) is 5.37. The first-order valence-corrected chi connectivity index (χ1v) is 10.9. The molecule has 2 atom stereocenters. The van der Waals surface area contributed by atoms with Gasteiger partial charge in [-0.1, -0.05) is 74.0 Å². The van der Waals surface area contributed by atoms with E-state index in [1.807, 2.05) is 76.2 Å². The normalized spacial score (nSPS) is 13.4. The Labute approximate surface area is 198 Å². The molecule has 3 aromatic rings. The molecule has 3 N–H and O–H groups in total. The molecular formula is C24H28ClN5O3. The highest BCUT2D eigenvalue weighted by Crippen LogP contribution is 2.26. The fourth-order valence-corrected chi connectivity index (χ4v) is 3.63. The van der Waals surface area contributed by atoms with Crippen molar-refractivity contribution >= 4 is 29.2 Å². The Kier molecular flexibility index (Phi) is 7.50. The number of carbonyl (C=O) groups excluding carboxylic acids is 1. The average Bonchev–Trinajstić information content (AvgIpc) is 3.16. The molecule has 0 aliphatic rings. The summed E-state index contributed by atoms with van der Waals surface area (Å²) >= 11 is 5.92. The van der Waals surface area contributed by atoms with E-state index >= 15 is 0 Å². The number of aryl methyl sites for hydroxylation is 1. The summed E-state index contributed by atoms with van der Waals surface area (Å²) in [5.74, 6) is -1.37. The SMILES string of the molecule is Cc1ccc(-n2cc(Cl)nn2)c(NC(=O)C(NC(Cc2ccccc2)C(=O)O)C(C)(C)C)c1. The molecule has 0 saturated carbocycles. The summed E-state index contributed by atoms with van der Waals surface area (Å²) in [5.41, 5.74) is 2.37. The zero-order valence-corrected chi connectivity index (χ0v) is 19.8. The fourth-order valence-electron chi connectivity index (χ4n) is 3.50. The Bertz CT molecular complexity index is 1120. The smallest absolute Gasteiger partial charge is 0.321 e. The van der Waals surface area contributed by atoms with E-state index < -0.39 is 23.5 Å². The molecular weight excluding hydrogens is 442 g/mol. The zero-order chi connectivity index (χ0) is 24.2. The van der Waals surface area contributed by atoms with Gasteiger partial charge in [0.1, 0.15) is 6.04 Å². The van der Waals surface area contributed by atoms with Crippen molar-refractivity contribution in [1.29, 1.82) is 0 Å². The maximum absolute atomic E-state index is 13.4. The average molecular weight is 470 g/mol. The molecule has 0 radical (unpaired) electrons. The van der Waals surface area contributed by atoms with Gasteiger partial charge in [-0.3, -0.25) is 14.9 Å². The lowest BCUT2D eigenvalue weighted by Crippen LogP contribution is -2.55. The predicted octanol–water partition coefficient (Wildman–Crippen LogP) is 3.87. The van der Waals surface area contributed by atoms with Gasteiger partial charge >= 0.3 is 5.97 Å². The summed E-state index contributed by atoms with van der Waals surface area (Å²) in [6.45, 7) is 7.58. The molecule has 0 bridgehead atoms. The van der Waals surface area contributed by atoms with E-state index in [0.717, 1.165) is 11.1 Å². The van der Waals surface area contributed by atoms with Crippen LogP contribution < -0.4 is 10.6 Å². The minimum absolute atomic E-state index is 0.229. The number of hydrogen-bond acceptors (Lipinski definition) is 5. The number of hydrogen-bond donors (Lipinski definition) is 3. The van der Waals surface area contributed by atoms with Gasteiger partial charge in [-0.05, 0) is 42.0 Å². The fraction of sp³-hybridized carbons (Fsp3) is 0.333. The second-order valence-electron chi connectivity index (χ2n) is 9.04. The second-order valence-corrected chi connectivity index (χ2v) is 9.43. The lowest BCUT2D eigenvalue weighted by Gasteiger charge is -2.33. The summed E-state index contributed by atoms with van der Waals surface area (Å²) in [7, 11) is 0. The van der Waals surface area contributed by atoms with E-state index in [4.69, 9.17) is 11.6 Å². The van der Waals surface area contributed by atoms with Gasteiger partial charge in [-0.15, -0.1) is 5.10 Å². The number of nitrogens with zero attached hydrogens (tertiary/aromatic N) is 3. The van der Waals surface area contributed by atoms with Crippen LogP contribution in [0.4, 0.5) is 5.69 Å². The molecule has 174 valence electrons. The Balaban J connectivity index is 1.87. The van der Waals surface area contributed by atoms with Crippen molar-refractivity contribution in [1.82, 2.24) is 20.3 Å². The molecule has 2 unspecified atom stereocenters. The standard InChI is InChI=1S/C24H28ClN5O3/c1-15-10-11-19(30-14-20(25)28-29-30)17(12-15)27-22(31)21(24(2,3)4)26-18(23(32)33)13-16-8-6-5-7-9-16/h5-12,14,18,21,26H,13H2,1-4H3,(H,27,31)(H,32,33). The van der Waals surface area contributed by atoms with Crippen molar-refractivity contribution in [2.24, 2.45) is 5.41 Å². The summed E-state index contributed by atoms with van der Waals surface area (Å²) in [6.07, 6.45) is 1.80. The van der Waals surface area contributed by atoms with Gasteiger partial charge in [0.25, 0.3) is 0 Å². The Morgan fingerprint density at radius 1 is 1.15 bits per heavy atom. The monoisotopic (exact) mass is 469 g/mol. The number of carboxylic acid groups (broad SMARTS) is 1. The van der Waals surface area contributed by atoms with Crippen LogP contribution in [-0.4, -0.2) is 44.1 Å². The van der Waals surface area contributed by atoms with E-state index in [1.54, 1.807) is 6.20 Å². The van der Waals surface area contributed by atoms with E-state index in [9.17, 15) is 14.7 Å². The number of halogens is 1. The quantitative estimate of drug-likeness (QED) is 0.462. The van der Waals surface area contributed by atoms with Crippen LogP contribution in [0.15, 0.2) is 54.7 Å². The number of nitrogens with one attached hydrogen (secondary N) is 2. The number of anilines is 1. The molecule has 3 rings (SSSR count). The number of carbonyl (C=O) groups is 2. The van der Waals surface area contributed by atoms with Crippen LogP contribution in [0.1, 0.15) is 31.9 Å². The Morgan fingerprint density at radius 3 is 2.42 bits per heavy atom. The number of carboxylic acids is 1. The lowest BCUT2D eigenvalue weighted by atomic mass is 9.85. The van der Waals surface area contributed by atoms with Gasteiger partial charge in [0.05, 0.1) is 23.6 Å². The first-order chi connectivity index (χ1) is 15.5. The molecule has 2 aromatic carbocycles. The van der Waals surface area contributed by atoms with Crippen molar-refractivity contribution in [2.75, 3.05) is 5.32 Å². The van der Waals surface area contributed by atoms with Crippen LogP contribution in [-0.2, 0) is 16.0 Å². The van der Waals surface area contributed by atoms with Crippen LogP contribution in [0.2, 0.25) is 5.15 Å². The Hall–Kier alpha value is -3.23. The van der Waals surface area contributed by atoms with E-state index in [2.05, 4.69) is 20.9 Å². The van der Waals surface area contributed by atoms with Crippen LogP contribution in [0.25, 0.3) is 5.69 Å². The third-order valence-electron chi connectivity index (χ3n) is 5.20. The highest BCUT2D eigenvalue weighted by molar-refractivity contribution is 6.29. The summed E-state index contributed by atoms with van der Waals surface area (Å²) < 4.78 is 1.48. The van der Waals surface area contributed by atoms with Gasteiger partial charge in [0.2, 0.25) is 5.91 Å². The second kappa shape index (κ2) is 10.1. The van der Waals surface area contributed by atoms with E-state index in [0.29, 0.717) is 11.4 Å². The summed E-state index contributed by atoms with van der Waals surface area (Å²) in [6, 6.07) is 13.1. The van der Waals surface area contributed by atoms with E-state index in [1.165, 1.54) is 4.68 Å². The van der Waals surface area contributed by atoms with Crippen molar-refractivity contribution in [2.45, 2.75) is 46.2 Å². The third kappa shape index (κ3) is 6.40. The van der Waals surface area contributed by atoms with Crippen molar-refractivity contribution in [3.63, 3.8) is 0 Å². The number of aromatic nitrogens is 3. The molecule has 33 heavy (non-hydrogen) atoms. The van der Waals surface area contributed by atoms with E-state index in [-0.39, 0.29) is 17.5 Å². The highest BCUT2D eigenvalue weighted by Gasteiger charge is 2.35. The maximum Gasteiger partial charge on any atom is 0.321 e.